The van der Waals surface area contributed by atoms with Crippen molar-refractivity contribution in [2.45, 2.75) is 20.3 Å². The van der Waals surface area contributed by atoms with E-state index in [0.29, 0.717) is 16.6 Å². The molecular weight excluding hydrogens is 342 g/mol. The lowest BCUT2D eigenvalue weighted by molar-refractivity contribution is 0.0782. The molecule has 3 aromatic rings. The second-order valence-corrected chi connectivity index (χ2v) is 7.59. The summed E-state index contributed by atoms with van der Waals surface area (Å²) in [6.07, 6.45) is 2.91. The summed E-state index contributed by atoms with van der Waals surface area (Å²) in [6, 6.07) is 7.56. The first-order valence-corrected chi connectivity index (χ1v) is 9.19. The second-order valence-electron chi connectivity index (χ2n) is 6.32. The Hall–Kier alpha value is -1.85. The number of amides is 1. The molecule has 0 atom stereocenters. The van der Waals surface area contributed by atoms with Gasteiger partial charge in [0.1, 0.15) is 5.69 Å². The Bertz CT molecular complexity index is 851. The van der Waals surface area contributed by atoms with Gasteiger partial charge in [0.05, 0.1) is 5.69 Å². The van der Waals surface area contributed by atoms with Crippen molar-refractivity contribution in [1.82, 2.24) is 14.3 Å². The summed E-state index contributed by atoms with van der Waals surface area (Å²) < 4.78 is 1.88. The zero-order valence-corrected chi connectivity index (χ0v) is 15.6. The summed E-state index contributed by atoms with van der Waals surface area (Å²) in [7, 11) is 1.85. The highest BCUT2D eigenvalue weighted by Crippen LogP contribution is 2.25. The maximum Gasteiger partial charge on any atom is 0.271 e. The minimum absolute atomic E-state index is 0.0296. The molecule has 2 heterocycles. The van der Waals surface area contributed by atoms with E-state index in [0.717, 1.165) is 29.2 Å². The van der Waals surface area contributed by atoms with Gasteiger partial charge in [0.15, 0.2) is 4.96 Å². The number of fused-ring (bicyclic) bond motifs is 1. The van der Waals surface area contributed by atoms with Crippen LogP contribution in [-0.2, 0) is 0 Å². The molecule has 1 amide bonds. The van der Waals surface area contributed by atoms with E-state index in [9.17, 15) is 4.79 Å². The smallest absolute Gasteiger partial charge is 0.271 e. The summed E-state index contributed by atoms with van der Waals surface area (Å²) in [5.41, 5.74) is 2.49. The van der Waals surface area contributed by atoms with Crippen LogP contribution >= 0.6 is 22.9 Å². The second kappa shape index (κ2) is 6.95. The van der Waals surface area contributed by atoms with Gasteiger partial charge in [-0.25, -0.2) is 4.98 Å². The van der Waals surface area contributed by atoms with Gasteiger partial charge < -0.3 is 4.90 Å². The first-order valence-electron chi connectivity index (χ1n) is 7.93. The molecule has 0 aliphatic heterocycles. The minimum Gasteiger partial charge on any atom is -0.340 e. The van der Waals surface area contributed by atoms with Crippen LogP contribution in [0.4, 0.5) is 0 Å². The third-order valence-corrected chi connectivity index (χ3v) is 5.05. The molecule has 1 aromatic carbocycles. The topological polar surface area (TPSA) is 37.6 Å². The predicted octanol–water partition coefficient (Wildman–Crippen LogP) is 4.83. The van der Waals surface area contributed by atoms with Crippen molar-refractivity contribution in [3.8, 4) is 11.3 Å². The normalized spacial score (nSPS) is 11.4. The molecule has 0 unspecified atom stereocenters. The molecular formula is C18H20ClN3OS. The van der Waals surface area contributed by atoms with Crippen LogP contribution in [0, 0.1) is 5.92 Å². The van der Waals surface area contributed by atoms with Crippen molar-refractivity contribution in [2.75, 3.05) is 13.6 Å². The van der Waals surface area contributed by atoms with Gasteiger partial charge in [0.2, 0.25) is 0 Å². The van der Waals surface area contributed by atoms with Crippen LogP contribution in [0.5, 0.6) is 0 Å². The lowest BCUT2D eigenvalue weighted by atomic mass is 10.1. The quantitative estimate of drug-likeness (QED) is 0.652. The predicted molar refractivity (Wildman–Crippen MR) is 99.9 cm³/mol. The van der Waals surface area contributed by atoms with Gasteiger partial charge in [-0.1, -0.05) is 37.6 Å². The molecule has 0 saturated carbocycles. The Morgan fingerprint density at radius 2 is 2.04 bits per heavy atom. The zero-order chi connectivity index (χ0) is 17.3. The number of nitrogens with zero attached hydrogens (tertiary/aromatic N) is 3. The van der Waals surface area contributed by atoms with E-state index in [2.05, 4.69) is 18.8 Å². The fourth-order valence-electron chi connectivity index (χ4n) is 2.45. The molecule has 0 N–H and O–H groups in total. The Labute approximate surface area is 150 Å². The van der Waals surface area contributed by atoms with Crippen LogP contribution in [-0.4, -0.2) is 33.8 Å². The Kier molecular flexibility index (Phi) is 4.92. The number of halogens is 1. The van der Waals surface area contributed by atoms with Gasteiger partial charge in [-0.3, -0.25) is 9.20 Å². The van der Waals surface area contributed by atoms with Gasteiger partial charge in [-0.05, 0) is 24.5 Å². The number of benzene rings is 1. The highest BCUT2D eigenvalue weighted by molar-refractivity contribution is 7.15. The third kappa shape index (κ3) is 3.47. The number of imidazole rings is 1. The van der Waals surface area contributed by atoms with Gasteiger partial charge in [-0.2, -0.15) is 0 Å². The molecule has 126 valence electrons. The molecule has 3 rings (SSSR count). The van der Waals surface area contributed by atoms with E-state index < -0.39 is 0 Å². The van der Waals surface area contributed by atoms with Gasteiger partial charge >= 0.3 is 0 Å². The van der Waals surface area contributed by atoms with Crippen LogP contribution in [0.3, 0.4) is 0 Å². The standard InChI is InChI=1S/C18H20ClN3OS/c1-12(2)8-9-21(3)17(23)16-11-24-18-20-15(10-22(16)18)13-4-6-14(19)7-5-13/h4-7,10-12H,8-9H2,1-3H3. The minimum atomic E-state index is 0.0296. The number of hydrogen-bond donors (Lipinski definition) is 0. The Morgan fingerprint density at radius 1 is 1.33 bits per heavy atom. The van der Waals surface area contributed by atoms with E-state index in [-0.39, 0.29) is 5.91 Å². The van der Waals surface area contributed by atoms with E-state index in [1.165, 1.54) is 11.3 Å². The molecule has 4 nitrogen and oxygen atoms in total. The van der Waals surface area contributed by atoms with Gasteiger partial charge in [0, 0.05) is 35.8 Å². The van der Waals surface area contributed by atoms with Crippen molar-refractivity contribution in [3.05, 3.63) is 46.6 Å². The Morgan fingerprint density at radius 3 is 2.71 bits per heavy atom. The SMILES string of the molecule is CC(C)CCN(C)C(=O)c1csc2nc(-c3ccc(Cl)cc3)cn12. The molecule has 24 heavy (non-hydrogen) atoms. The summed E-state index contributed by atoms with van der Waals surface area (Å²) in [6.45, 7) is 5.08. The molecule has 0 saturated heterocycles. The summed E-state index contributed by atoms with van der Waals surface area (Å²) in [5, 5.41) is 2.57. The average molecular weight is 362 g/mol. The maximum atomic E-state index is 12.7. The van der Waals surface area contributed by atoms with Crippen LogP contribution in [0.25, 0.3) is 16.2 Å². The van der Waals surface area contributed by atoms with E-state index >= 15 is 0 Å². The molecule has 6 heteroatoms. The number of thiazole rings is 1. The highest BCUT2D eigenvalue weighted by atomic mass is 35.5. The Balaban J connectivity index is 1.87. The van der Waals surface area contributed by atoms with Crippen LogP contribution < -0.4 is 0 Å². The number of hydrogen-bond acceptors (Lipinski definition) is 3. The summed E-state index contributed by atoms with van der Waals surface area (Å²) in [5.74, 6) is 0.606. The number of carbonyl (C=O) groups excluding carboxylic acids is 1. The van der Waals surface area contributed by atoms with Crippen LogP contribution in [0.2, 0.25) is 5.02 Å². The monoisotopic (exact) mass is 361 g/mol. The van der Waals surface area contributed by atoms with Gasteiger partial charge in [-0.15, -0.1) is 11.3 Å². The maximum absolute atomic E-state index is 12.7. The third-order valence-electron chi connectivity index (χ3n) is 3.96. The van der Waals surface area contributed by atoms with Crippen LogP contribution in [0.15, 0.2) is 35.8 Å². The fraction of sp³-hybridized carbons (Fsp3) is 0.333. The highest BCUT2D eigenvalue weighted by Gasteiger charge is 2.18. The van der Waals surface area contributed by atoms with E-state index in [1.54, 1.807) is 4.90 Å². The molecule has 0 aliphatic rings. The van der Waals surface area contributed by atoms with Crippen molar-refractivity contribution >= 4 is 33.8 Å². The van der Waals surface area contributed by atoms with Gasteiger partial charge in [0.25, 0.3) is 5.91 Å². The molecule has 0 radical (unpaired) electrons. The largest absolute Gasteiger partial charge is 0.340 e. The number of carbonyl (C=O) groups is 1. The average Bonchev–Trinajstić information content (AvgIpc) is 3.13. The lowest BCUT2D eigenvalue weighted by Crippen LogP contribution is -2.29. The molecule has 2 aromatic heterocycles. The first kappa shape index (κ1) is 17.0. The zero-order valence-electron chi connectivity index (χ0n) is 14.0. The molecule has 0 fully saturated rings. The van der Waals surface area contributed by atoms with Crippen molar-refractivity contribution in [3.63, 3.8) is 0 Å². The molecule has 0 aliphatic carbocycles. The van der Waals surface area contributed by atoms with E-state index in [4.69, 9.17) is 11.6 Å². The first-order chi connectivity index (χ1) is 11.5. The van der Waals surface area contributed by atoms with E-state index in [1.807, 2.05) is 47.3 Å². The van der Waals surface area contributed by atoms with Crippen LogP contribution in [0.1, 0.15) is 30.8 Å². The summed E-state index contributed by atoms with van der Waals surface area (Å²) >= 11 is 7.42. The number of rotatable bonds is 5. The molecule has 0 spiro atoms. The number of aromatic nitrogens is 2. The fourth-order valence-corrected chi connectivity index (χ4v) is 3.42. The van der Waals surface area contributed by atoms with Crippen molar-refractivity contribution in [2.24, 2.45) is 5.92 Å². The molecule has 0 bridgehead atoms. The summed E-state index contributed by atoms with van der Waals surface area (Å²) in [4.78, 5) is 19.9. The van der Waals surface area contributed by atoms with Crippen molar-refractivity contribution < 1.29 is 4.79 Å². The van der Waals surface area contributed by atoms with Crippen molar-refractivity contribution in [1.29, 1.82) is 0 Å². The lowest BCUT2D eigenvalue weighted by Gasteiger charge is -2.17.